The minimum absolute atomic E-state index is 0.155. The molecule has 2 aromatic carbocycles. The number of carbonyl (C=O) groups is 4. The Morgan fingerprint density at radius 3 is 1.91 bits per heavy atom. The van der Waals surface area contributed by atoms with Crippen LogP contribution in [0.1, 0.15) is 50.2 Å². The highest BCUT2D eigenvalue weighted by molar-refractivity contribution is 6.13. The molecule has 1 aliphatic heterocycles. The molecule has 4 rings (SSSR count). The van der Waals surface area contributed by atoms with E-state index in [1.54, 1.807) is 62.4 Å². The Morgan fingerprint density at radius 2 is 1.44 bits per heavy atom. The molecule has 0 aliphatic carbocycles. The van der Waals surface area contributed by atoms with E-state index in [0.29, 0.717) is 27.9 Å². The zero-order valence-corrected chi connectivity index (χ0v) is 18.1. The van der Waals surface area contributed by atoms with E-state index in [-0.39, 0.29) is 11.5 Å². The number of hydrogen-bond donors (Lipinski definition) is 2. The molecule has 7 nitrogen and oxygen atoms in total. The van der Waals surface area contributed by atoms with Gasteiger partial charge in [0.05, 0.1) is 12.2 Å². The number of nitrogens with one attached hydrogen (secondary N) is 2. The first-order valence-electron chi connectivity index (χ1n) is 10.3. The molecule has 2 heterocycles. The SMILES string of the molecule is CC(=O)c1c(C)[nH]c(C(=O)CN2C(=O)NC(c3ccccc3)(c3ccccc3)C2=O)c1C. The molecule has 0 spiro atoms. The predicted octanol–water partition coefficient (Wildman–Crippen LogP) is 3.51. The summed E-state index contributed by atoms with van der Waals surface area (Å²) in [6, 6.07) is 17.3. The molecule has 1 aromatic heterocycles. The van der Waals surface area contributed by atoms with Crippen LogP contribution in [-0.4, -0.2) is 39.9 Å². The molecule has 0 atom stereocenters. The van der Waals surface area contributed by atoms with Gasteiger partial charge in [0.1, 0.15) is 0 Å². The molecular formula is C25H23N3O4. The Labute approximate surface area is 185 Å². The molecule has 2 N–H and O–H groups in total. The van der Waals surface area contributed by atoms with E-state index in [9.17, 15) is 19.2 Å². The largest absolute Gasteiger partial charge is 0.355 e. The van der Waals surface area contributed by atoms with Gasteiger partial charge in [-0.2, -0.15) is 0 Å². The van der Waals surface area contributed by atoms with E-state index in [0.717, 1.165) is 4.90 Å². The van der Waals surface area contributed by atoms with Crippen LogP contribution in [-0.2, 0) is 10.3 Å². The summed E-state index contributed by atoms with van der Waals surface area (Å²) in [5, 5.41) is 2.83. The van der Waals surface area contributed by atoms with E-state index >= 15 is 0 Å². The zero-order valence-electron chi connectivity index (χ0n) is 18.1. The summed E-state index contributed by atoms with van der Waals surface area (Å²) in [7, 11) is 0. The third kappa shape index (κ3) is 3.22. The molecule has 1 saturated heterocycles. The van der Waals surface area contributed by atoms with Gasteiger partial charge in [-0.3, -0.25) is 19.3 Å². The van der Waals surface area contributed by atoms with Gasteiger partial charge >= 0.3 is 6.03 Å². The van der Waals surface area contributed by atoms with Gasteiger partial charge in [-0.25, -0.2) is 4.79 Å². The average molecular weight is 429 g/mol. The maximum Gasteiger partial charge on any atom is 0.325 e. The zero-order chi connectivity index (χ0) is 23.0. The lowest BCUT2D eigenvalue weighted by atomic mass is 9.82. The summed E-state index contributed by atoms with van der Waals surface area (Å²) >= 11 is 0. The second-order valence-electron chi connectivity index (χ2n) is 7.91. The monoisotopic (exact) mass is 429 g/mol. The standard InChI is InChI=1S/C25H23N3O4/c1-15-21(17(3)29)16(2)26-22(15)20(30)14-28-23(31)25(27-24(28)32,18-10-6-4-7-11-18)19-12-8-5-9-13-19/h4-13,26H,14H2,1-3H3,(H,27,32). The Balaban J connectivity index is 1.73. The molecule has 0 saturated carbocycles. The number of aryl methyl sites for hydroxylation is 1. The molecule has 1 aliphatic rings. The van der Waals surface area contributed by atoms with Crippen LogP contribution in [0, 0.1) is 13.8 Å². The molecule has 1 fully saturated rings. The number of carbonyl (C=O) groups excluding carboxylic acids is 4. The number of benzene rings is 2. The van der Waals surface area contributed by atoms with Crippen molar-refractivity contribution >= 4 is 23.5 Å². The van der Waals surface area contributed by atoms with Crippen molar-refractivity contribution in [3.05, 3.63) is 94.3 Å². The summed E-state index contributed by atoms with van der Waals surface area (Å²) < 4.78 is 0. The number of H-pyrrole nitrogens is 1. The number of amides is 3. The fourth-order valence-corrected chi connectivity index (χ4v) is 4.43. The van der Waals surface area contributed by atoms with Crippen molar-refractivity contribution in [2.75, 3.05) is 6.54 Å². The molecule has 0 bridgehead atoms. The number of Topliss-reactive ketones (excluding diaryl/α,β-unsaturated/α-hetero) is 2. The maximum absolute atomic E-state index is 13.7. The van der Waals surface area contributed by atoms with Crippen LogP contribution >= 0.6 is 0 Å². The number of aromatic amines is 1. The van der Waals surface area contributed by atoms with Gasteiger partial charge in [-0.15, -0.1) is 0 Å². The lowest BCUT2D eigenvalue weighted by molar-refractivity contribution is -0.129. The molecule has 0 radical (unpaired) electrons. The summed E-state index contributed by atoms with van der Waals surface area (Å²) in [6.07, 6.45) is 0. The van der Waals surface area contributed by atoms with Crippen molar-refractivity contribution in [3.63, 3.8) is 0 Å². The van der Waals surface area contributed by atoms with Gasteiger partial charge in [0.2, 0.25) is 0 Å². The number of hydrogen-bond acceptors (Lipinski definition) is 4. The summed E-state index contributed by atoms with van der Waals surface area (Å²) in [5.74, 6) is -1.13. The normalized spacial score (nSPS) is 15.0. The molecule has 0 unspecified atom stereocenters. The van der Waals surface area contributed by atoms with Crippen molar-refractivity contribution in [2.45, 2.75) is 26.3 Å². The minimum Gasteiger partial charge on any atom is -0.355 e. The smallest absolute Gasteiger partial charge is 0.325 e. The molecule has 3 aromatic rings. The van der Waals surface area contributed by atoms with Crippen LogP contribution in [0.3, 0.4) is 0 Å². The first-order valence-corrected chi connectivity index (χ1v) is 10.3. The highest BCUT2D eigenvalue weighted by Crippen LogP contribution is 2.36. The van der Waals surface area contributed by atoms with Gasteiger partial charge in [-0.1, -0.05) is 60.7 Å². The Kier molecular flexibility index (Phi) is 5.26. The molecule has 7 heteroatoms. The summed E-state index contributed by atoms with van der Waals surface area (Å²) in [5.41, 5.74) is 1.56. The summed E-state index contributed by atoms with van der Waals surface area (Å²) in [4.78, 5) is 55.5. The number of aromatic nitrogens is 1. The number of nitrogens with zero attached hydrogens (tertiary/aromatic N) is 1. The lowest BCUT2D eigenvalue weighted by Crippen LogP contribution is -2.45. The van der Waals surface area contributed by atoms with E-state index < -0.39 is 29.8 Å². The number of urea groups is 1. The molecule has 32 heavy (non-hydrogen) atoms. The summed E-state index contributed by atoms with van der Waals surface area (Å²) in [6.45, 7) is 4.38. The van der Waals surface area contributed by atoms with E-state index in [4.69, 9.17) is 0 Å². The quantitative estimate of drug-likeness (QED) is 0.463. The van der Waals surface area contributed by atoms with E-state index in [1.807, 2.05) is 12.1 Å². The topological polar surface area (TPSA) is 99.3 Å². The Hall–Kier alpha value is -4.00. The second kappa shape index (κ2) is 7.92. The van der Waals surface area contributed by atoms with Gasteiger partial charge in [-0.05, 0) is 37.5 Å². The van der Waals surface area contributed by atoms with Crippen LogP contribution in [0.2, 0.25) is 0 Å². The van der Waals surface area contributed by atoms with E-state index in [2.05, 4.69) is 10.3 Å². The van der Waals surface area contributed by atoms with Crippen molar-refractivity contribution < 1.29 is 19.2 Å². The minimum atomic E-state index is -1.43. The van der Waals surface area contributed by atoms with Gasteiger partial charge in [0, 0.05) is 11.3 Å². The van der Waals surface area contributed by atoms with Crippen LogP contribution in [0.5, 0.6) is 0 Å². The number of ketones is 2. The van der Waals surface area contributed by atoms with Crippen LogP contribution < -0.4 is 5.32 Å². The Morgan fingerprint density at radius 1 is 0.906 bits per heavy atom. The third-order valence-corrected chi connectivity index (χ3v) is 5.89. The van der Waals surface area contributed by atoms with Gasteiger partial charge in [0.25, 0.3) is 5.91 Å². The van der Waals surface area contributed by atoms with Crippen molar-refractivity contribution in [1.82, 2.24) is 15.2 Å². The van der Waals surface area contributed by atoms with Crippen LogP contribution in [0.4, 0.5) is 4.79 Å². The molecule has 3 amide bonds. The first-order chi connectivity index (χ1) is 15.3. The molecule has 162 valence electrons. The van der Waals surface area contributed by atoms with Crippen LogP contribution in [0.25, 0.3) is 0 Å². The highest BCUT2D eigenvalue weighted by atomic mass is 16.2. The fourth-order valence-electron chi connectivity index (χ4n) is 4.43. The van der Waals surface area contributed by atoms with Gasteiger partial charge in [0.15, 0.2) is 17.1 Å². The Bertz CT molecular complexity index is 1190. The molecular weight excluding hydrogens is 406 g/mol. The van der Waals surface area contributed by atoms with Crippen molar-refractivity contribution in [2.24, 2.45) is 0 Å². The third-order valence-electron chi connectivity index (χ3n) is 5.89. The van der Waals surface area contributed by atoms with E-state index in [1.165, 1.54) is 6.92 Å². The highest BCUT2D eigenvalue weighted by Gasteiger charge is 2.54. The van der Waals surface area contributed by atoms with Crippen LogP contribution in [0.15, 0.2) is 60.7 Å². The van der Waals surface area contributed by atoms with Gasteiger partial charge < -0.3 is 10.3 Å². The van der Waals surface area contributed by atoms with Crippen molar-refractivity contribution in [3.8, 4) is 0 Å². The lowest BCUT2D eigenvalue weighted by Gasteiger charge is -2.27. The van der Waals surface area contributed by atoms with Crippen molar-refractivity contribution in [1.29, 1.82) is 0 Å². The first kappa shape index (κ1) is 21.2. The second-order valence-corrected chi connectivity index (χ2v) is 7.91. The fraction of sp³-hybridized carbons (Fsp3) is 0.200. The maximum atomic E-state index is 13.7. The predicted molar refractivity (Wildman–Crippen MR) is 119 cm³/mol. The average Bonchev–Trinajstić information content (AvgIpc) is 3.23. The number of rotatable bonds is 6. The number of imide groups is 1.